The molecule has 1 saturated heterocycles. The maximum atomic E-state index is 14.4. The monoisotopic (exact) mass is 597 g/mol. The standard InChI is InChI=1S/C29H26ClFIN3/c1-21-20-34(17-18-35(21)26-19-25(32)27(30)28(31)33-26)29(22-11-5-2-6-12-22,23-13-7-3-8-14-23)24-15-9-4-10-16-24/h2-16,19,21H,17-18,20H2,1H3/t21-/m0/s1. The lowest BCUT2D eigenvalue weighted by molar-refractivity contribution is 0.128. The molecule has 1 aliphatic heterocycles. The molecule has 0 bridgehead atoms. The zero-order chi connectivity index (χ0) is 24.4. The summed E-state index contributed by atoms with van der Waals surface area (Å²) in [5.74, 6) is 0.0172. The minimum atomic E-state index is -0.615. The van der Waals surface area contributed by atoms with E-state index in [4.69, 9.17) is 11.6 Å². The van der Waals surface area contributed by atoms with E-state index in [1.54, 1.807) is 0 Å². The number of hydrogen-bond donors (Lipinski definition) is 0. The zero-order valence-electron chi connectivity index (χ0n) is 19.4. The van der Waals surface area contributed by atoms with Gasteiger partial charge in [0.05, 0.1) is 5.54 Å². The van der Waals surface area contributed by atoms with Crippen LogP contribution in [-0.2, 0) is 5.54 Å². The topological polar surface area (TPSA) is 19.4 Å². The van der Waals surface area contributed by atoms with Gasteiger partial charge in [0.1, 0.15) is 10.8 Å². The minimum Gasteiger partial charge on any atom is -0.351 e. The van der Waals surface area contributed by atoms with Gasteiger partial charge in [-0.3, -0.25) is 4.90 Å². The summed E-state index contributed by atoms with van der Waals surface area (Å²) in [7, 11) is 0. The first-order chi connectivity index (χ1) is 17.0. The Kier molecular flexibility index (Phi) is 7.09. The molecule has 1 atom stereocenters. The highest BCUT2D eigenvalue weighted by Crippen LogP contribution is 2.43. The largest absolute Gasteiger partial charge is 0.351 e. The van der Waals surface area contributed by atoms with Crippen molar-refractivity contribution in [3.63, 3.8) is 0 Å². The Balaban J connectivity index is 1.61. The summed E-state index contributed by atoms with van der Waals surface area (Å²) in [6, 6.07) is 34.1. The zero-order valence-corrected chi connectivity index (χ0v) is 22.3. The number of anilines is 1. The smallest absolute Gasteiger partial charge is 0.234 e. The fraction of sp³-hybridized carbons (Fsp3) is 0.207. The first-order valence-electron chi connectivity index (χ1n) is 11.7. The molecule has 0 radical (unpaired) electrons. The maximum Gasteiger partial charge on any atom is 0.234 e. The van der Waals surface area contributed by atoms with Crippen LogP contribution >= 0.6 is 34.2 Å². The number of aromatic nitrogens is 1. The van der Waals surface area contributed by atoms with Gasteiger partial charge in [0.2, 0.25) is 5.95 Å². The van der Waals surface area contributed by atoms with Crippen molar-refractivity contribution in [2.75, 3.05) is 24.5 Å². The number of pyridine rings is 1. The molecule has 0 saturated carbocycles. The summed E-state index contributed by atoms with van der Waals surface area (Å²) >= 11 is 8.11. The Morgan fingerprint density at radius 1 is 0.857 bits per heavy atom. The van der Waals surface area contributed by atoms with Gasteiger partial charge in [-0.1, -0.05) is 103 Å². The van der Waals surface area contributed by atoms with Gasteiger partial charge in [-0.05, 0) is 52.3 Å². The molecule has 1 fully saturated rings. The highest BCUT2D eigenvalue weighted by Gasteiger charge is 2.44. The van der Waals surface area contributed by atoms with E-state index in [0.29, 0.717) is 9.39 Å². The molecule has 0 unspecified atom stereocenters. The summed E-state index contributed by atoms with van der Waals surface area (Å²) < 4.78 is 15.0. The van der Waals surface area contributed by atoms with Crippen molar-refractivity contribution in [1.82, 2.24) is 9.88 Å². The van der Waals surface area contributed by atoms with Gasteiger partial charge in [-0.15, -0.1) is 0 Å². The lowest BCUT2D eigenvalue weighted by Gasteiger charge is -2.51. The highest BCUT2D eigenvalue weighted by molar-refractivity contribution is 14.1. The predicted molar refractivity (Wildman–Crippen MR) is 150 cm³/mol. The van der Waals surface area contributed by atoms with E-state index in [2.05, 4.69) is 135 Å². The number of halogens is 3. The second kappa shape index (κ2) is 10.2. The predicted octanol–water partition coefficient (Wildman–Crippen LogP) is 6.98. The normalized spacial score (nSPS) is 16.9. The molecular weight excluding hydrogens is 572 g/mol. The Bertz CT molecular complexity index is 1170. The van der Waals surface area contributed by atoms with E-state index < -0.39 is 11.5 Å². The quantitative estimate of drug-likeness (QED) is 0.141. The Morgan fingerprint density at radius 3 is 1.77 bits per heavy atom. The van der Waals surface area contributed by atoms with Crippen molar-refractivity contribution in [1.29, 1.82) is 0 Å². The fourth-order valence-electron chi connectivity index (χ4n) is 5.29. The molecule has 0 spiro atoms. The molecule has 178 valence electrons. The van der Waals surface area contributed by atoms with Crippen molar-refractivity contribution in [2.45, 2.75) is 18.5 Å². The van der Waals surface area contributed by atoms with Gasteiger partial charge in [-0.2, -0.15) is 4.39 Å². The Morgan fingerprint density at radius 2 is 1.34 bits per heavy atom. The van der Waals surface area contributed by atoms with E-state index in [1.807, 2.05) is 6.07 Å². The fourth-order valence-corrected chi connectivity index (χ4v) is 5.89. The van der Waals surface area contributed by atoms with Gasteiger partial charge >= 0.3 is 0 Å². The second-order valence-electron chi connectivity index (χ2n) is 8.86. The van der Waals surface area contributed by atoms with Crippen LogP contribution in [0.15, 0.2) is 97.1 Å². The third kappa shape index (κ3) is 4.46. The molecule has 2 heterocycles. The molecular formula is C29H26ClFIN3. The summed E-state index contributed by atoms with van der Waals surface area (Å²) in [6.07, 6.45) is 0. The van der Waals surface area contributed by atoms with Crippen molar-refractivity contribution >= 4 is 40.0 Å². The molecule has 35 heavy (non-hydrogen) atoms. The molecule has 3 nitrogen and oxygen atoms in total. The summed E-state index contributed by atoms with van der Waals surface area (Å²) in [6.45, 7) is 4.46. The van der Waals surface area contributed by atoms with Crippen LogP contribution in [0.2, 0.25) is 5.02 Å². The third-order valence-electron chi connectivity index (χ3n) is 6.83. The van der Waals surface area contributed by atoms with Gasteiger partial charge in [0, 0.05) is 29.2 Å². The Labute approximate surface area is 224 Å². The number of nitrogens with zero attached hydrogens (tertiary/aromatic N) is 3. The van der Waals surface area contributed by atoms with Crippen LogP contribution in [0.4, 0.5) is 10.2 Å². The first-order valence-corrected chi connectivity index (χ1v) is 13.2. The molecule has 1 aromatic heterocycles. The number of rotatable bonds is 5. The minimum absolute atomic E-state index is 0.0805. The van der Waals surface area contributed by atoms with E-state index in [9.17, 15) is 4.39 Å². The molecule has 0 aliphatic carbocycles. The van der Waals surface area contributed by atoms with Crippen molar-refractivity contribution < 1.29 is 4.39 Å². The summed E-state index contributed by atoms with van der Waals surface area (Å²) in [4.78, 5) is 8.92. The van der Waals surface area contributed by atoms with Crippen LogP contribution in [0.1, 0.15) is 23.6 Å². The van der Waals surface area contributed by atoms with Crippen LogP contribution in [0.25, 0.3) is 0 Å². The van der Waals surface area contributed by atoms with E-state index in [1.165, 1.54) is 16.7 Å². The van der Waals surface area contributed by atoms with Crippen molar-refractivity contribution in [2.24, 2.45) is 0 Å². The number of piperazine rings is 1. The van der Waals surface area contributed by atoms with Crippen LogP contribution in [0, 0.1) is 9.52 Å². The molecule has 5 rings (SSSR count). The third-order valence-corrected chi connectivity index (χ3v) is 8.36. The molecule has 0 amide bonds. The molecule has 0 N–H and O–H groups in total. The summed E-state index contributed by atoms with van der Waals surface area (Å²) in [5, 5.41) is 0.0805. The maximum absolute atomic E-state index is 14.4. The lowest BCUT2D eigenvalue weighted by atomic mass is 9.75. The lowest BCUT2D eigenvalue weighted by Crippen LogP contribution is -2.60. The van der Waals surface area contributed by atoms with Crippen molar-refractivity contribution in [3.8, 4) is 0 Å². The van der Waals surface area contributed by atoms with Gasteiger partial charge in [0.25, 0.3) is 0 Å². The van der Waals surface area contributed by atoms with E-state index in [-0.39, 0.29) is 11.1 Å². The summed E-state index contributed by atoms with van der Waals surface area (Å²) in [5.41, 5.74) is 3.21. The van der Waals surface area contributed by atoms with E-state index in [0.717, 1.165) is 19.6 Å². The second-order valence-corrected chi connectivity index (χ2v) is 10.4. The van der Waals surface area contributed by atoms with Gasteiger partial charge in [-0.25, -0.2) is 4.98 Å². The highest BCUT2D eigenvalue weighted by atomic mass is 127. The molecule has 4 aromatic rings. The average Bonchev–Trinajstić information content (AvgIpc) is 2.89. The van der Waals surface area contributed by atoms with Crippen molar-refractivity contribution in [3.05, 3.63) is 128 Å². The molecule has 3 aromatic carbocycles. The Hall–Kier alpha value is -2.48. The number of hydrogen-bond acceptors (Lipinski definition) is 3. The number of benzene rings is 3. The average molecular weight is 598 g/mol. The van der Waals surface area contributed by atoms with Crippen LogP contribution in [0.5, 0.6) is 0 Å². The van der Waals surface area contributed by atoms with Crippen LogP contribution < -0.4 is 4.90 Å². The molecule has 6 heteroatoms. The van der Waals surface area contributed by atoms with Crippen LogP contribution in [0.3, 0.4) is 0 Å². The first kappa shape index (κ1) is 24.2. The molecule has 1 aliphatic rings. The van der Waals surface area contributed by atoms with Crippen LogP contribution in [-0.4, -0.2) is 35.6 Å². The van der Waals surface area contributed by atoms with Gasteiger partial charge in [0.15, 0.2) is 0 Å². The van der Waals surface area contributed by atoms with Gasteiger partial charge < -0.3 is 4.90 Å². The SMILES string of the molecule is C[C@H]1CN(C(c2ccccc2)(c2ccccc2)c2ccccc2)CCN1c1cc(I)c(Cl)c(F)n1. The van der Waals surface area contributed by atoms with E-state index >= 15 is 0 Å².